The number of rotatable bonds is 6. The summed E-state index contributed by atoms with van der Waals surface area (Å²) in [6.45, 7) is 12.2. The number of anilines is 1. The minimum absolute atomic E-state index is 0.119. The zero-order valence-electron chi connectivity index (χ0n) is 21.2. The van der Waals surface area contributed by atoms with E-state index >= 15 is 0 Å². The van der Waals surface area contributed by atoms with Crippen molar-refractivity contribution >= 4 is 11.6 Å². The van der Waals surface area contributed by atoms with Gasteiger partial charge in [0.2, 0.25) is 5.91 Å². The number of nitrogens with zero attached hydrogens (tertiary/aromatic N) is 5. The Morgan fingerprint density at radius 2 is 2.00 bits per heavy atom. The number of carbonyl (C=O) groups is 1. The molecule has 1 saturated heterocycles. The molecular formula is C28H36N6O. The van der Waals surface area contributed by atoms with Gasteiger partial charge in [0.25, 0.3) is 0 Å². The minimum Gasteiger partial charge on any atom is -0.311 e. The van der Waals surface area contributed by atoms with Gasteiger partial charge in [-0.3, -0.25) is 19.4 Å². The molecule has 5 rings (SSSR count). The molecule has 0 radical (unpaired) electrons. The van der Waals surface area contributed by atoms with E-state index in [1.807, 2.05) is 28.0 Å². The van der Waals surface area contributed by atoms with Crippen molar-refractivity contribution in [3.05, 3.63) is 77.4 Å². The van der Waals surface area contributed by atoms with Crippen molar-refractivity contribution in [2.24, 2.45) is 0 Å². The molecule has 0 unspecified atom stereocenters. The lowest BCUT2D eigenvalue weighted by Crippen LogP contribution is -2.59. The lowest BCUT2D eigenvalue weighted by atomic mass is 9.88. The first-order valence-electron chi connectivity index (χ1n) is 12.6. The molecule has 2 aliphatic rings. The summed E-state index contributed by atoms with van der Waals surface area (Å²) < 4.78 is 1.99. The van der Waals surface area contributed by atoms with Gasteiger partial charge in [0.15, 0.2) is 0 Å². The summed E-state index contributed by atoms with van der Waals surface area (Å²) in [5.74, 6) is 0.157. The first-order chi connectivity index (χ1) is 16.8. The maximum atomic E-state index is 13.8. The van der Waals surface area contributed by atoms with E-state index in [2.05, 4.69) is 79.5 Å². The highest BCUT2D eigenvalue weighted by Crippen LogP contribution is 2.40. The topological polar surface area (TPSA) is 66.3 Å². The molecule has 7 heteroatoms. The van der Waals surface area contributed by atoms with Crippen LogP contribution in [0.2, 0.25) is 0 Å². The fourth-order valence-electron chi connectivity index (χ4n) is 5.37. The number of hydrogen-bond acceptors (Lipinski definition) is 5. The van der Waals surface area contributed by atoms with Gasteiger partial charge in [0, 0.05) is 67.2 Å². The Bertz CT molecular complexity index is 1190. The Morgan fingerprint density at radius 3 is 2.74 bits per heavy atom. The summed E-state index contributed by atoms with van der Waals surface area (Å²) in [6.07, 6.45) is 6.70. The number of aromatic nitrogens is 3. The van der Waals surface area contributed by atoms with Gasteiger partial charge in [0.1, 0.15) is 0 Å². The van der Waals surface area contributed by atoms with E-state index in [-0.39, 0.29) is 17.4 Å². The van der Waals surface area contributed by atoms with Crippen LogP contribution in [0.25, 0.3) is 0 Å². The monoisotopic (exact) mass is 472 g/mol. The highest BCUT2D eigenvalue weighted by Gasteiger charge is 2.39. The quantitative estimate of drug-likeness (QED) is 0.597. The molecule has 7 nitrogen and oxygen atoms in total. The fraction of sp³-hybridized carbons (Fsp3) is 0.464. The smallest absolute Gasteiger partial charge is 0.241 e. The number of carbonyl (C=O) groups excluding carboxylic acids is 1. The zero-order valence-corrected chi connectivity index (χ0v) is 21.2. The molecule has 2 aliphatic heterocycles. The molecular weight excluding hydrogens is 436 g/mol. The molecule has 35 heavy (non-hydrogen) atoms. The molecule has 184 valence electrons. The van der Waals surface area contributed by atoms with Crippen LogP contribution < -0.4 is 10.2 Å². The molecule has 1 N–H and O–H groups in total. The Kier molecular flexibility index (Phi) is 6.47. The molecule has 2 aromatic heterocycles. The number of fused-ring (bicyclic) bond motifs is 1. The Labute approximate surface area is 208 Å². The van der Waals surface area contributed by atoms with Crippen molar-refractivity contribution in [3.63, 3.8) is 0 Å². The molecule has 0 spiro atoms. The molecule has 2 atom stereocenters. The van der Waals surface area contributed by atoms with Crippen molar-refractivity contribution in [1.29, 1.82) is 0 Å². The average Bonchev–Trinajstić information content (AvgIpc) is 3.35. The van der Waals surface area contributed by atoms with Crippen molar-refractivity contribution in [3.8, 4) is 0 Å². The number of hydrogen-bond donors (Lipinski definition) is 1. The second-order valence-corrected chi connectivity index (χ2v) is 10.9. The van der Waals surface area contributed by atoms with Crippen molar-refractivity contribution in [1.82, 2.24) is 25.0 Å². The van der Waals surface area contributed by atoms with Crippen LogP contribution in [0, 0.1) is 6.92 Å². The number of benzene rings is 1. The van der Waals surface area contributed by atoms with Gasteiger partial charge in [-0.1, -0.05) is 44.2 Å². The summed E-state index contributed by atoms with van der Waals surface area (Å²) in [4.78, 5) is 22.8. The Morgan fingerprint density at radius 1 is 1.20 bits per heavy atom. The van der Waals surface area contributed by atoms with E-state index in [4.69, 9.17) is 4.98 Å². The summed E-state index contributed by atoms with van der Waals surface area (Å²) in [5, 5.41) is 8.05. The number of nitrogens with one attached hydrogen (secondary N) is 1. The first kappa shape index (κ1) is 23.7. The van der Waals surface area contributed by atoms with E-state index in [1.54, 1.807) is 0 Å². The number of amides is 1. The van der Waals surface area contributed by atoms with Gasteiger partial charge in [-0.25, -0.2) is 0 Å². The van der Waals surface area contributed by atoms with Gasteiger partial charge >= 0.3 is 0 Å². The zero-order chi connectivity index (χ0) is 24.6. The minimum atomic E-state index is -0.119. The third kappa shape index (κ3) is 5.16. The van der Waals surface area contributed by atoms with Crippen molar-refractivity contribution in [2.45, 2.75) is 58.2 Å². The molecule has 0 aliphatic carbocycles. The van der Waals surface area contributed by atoms with Crippen LogP contribution >= 0.6 is 0 Å². The molecule has 0 saturated carbocycles. The lowest BCUT2D eigenvalue weighted by molar-refractivity contribution is -0.120. The maximum Gasteiger partial charge on any atom is 0.241 e. The number of piperazine rings is 1. The normalized spacial score (nSPS) is 21.8. The molecule has 0 bridgehead atoms. The summed E-state index contributed by atoms with van der Waals surface area (Å²) in [7, 11) is 0. The Hall–Kier alpha value is -3.03. The third-order valence-electron chi connectivity index (χ3n) is 7.27. The van der Waals surface area contributed by atoms with Crippen molar-refractivity contribution < 1.29 is 4.79 Å². The largest absolute Gasteiger partial charge is 0.311 e. The predicted molar refractivity (Wildman–Crippen MR) is 139 cm³/mol. The number of pyridine rings is 1. The molecule has 3 aromatic rings. The Balaban J connectivity index is 1.35. The van der Waals surface area contributed by atoms with E-state index in [0.29, 0.717) is 19.1 Å². The van der Waals surface area contributed by atoms with Gasteiger partial charge in [0.05, 0.1) is 25.0 Å². The SMILES string of the molecule is Cc1cnn(C[C@H]2CN[C@H](C)CN2CC(=O)N2CC(C)(C)c3cnc(Cc4ccccc4)cc32)c1. The van der Waals surface area contributed by atoms with Gasteiger partial charge in [-0.2, -0.15) is 5.10 Å². The first-order valence-corrected chi connectivity index (χ1v) is 12.6. The predicted octanol–water partition coefficient (Wildman–Crippen LogP) is 3.16. The second-order valence-electron chi connectivity index (χ2n) is 10.9. The maximum absolute atomic E-state index is 13.8. The highest BCUT2D eigenvalue weighted by atomic mass is 16.2. The second kappa shape index (κ2) is 9.55. The van der Waals surface area contributed by atoms with E-state index in [0.717, 1.165) is 48.6 Å². The van der Waals surface area contributed by atoms with E-state index in [9.17, 15) is 4.79 Å². The van der Waals surface area contributed by atoms with Crippen LogP contribution in [0.4, 0.5) is 5.69 Å². The average molecular weight is 473 g/mol. The van der Waals surface area contributed by atoms with Crippen LogP contribution in [-0.2, 0) is 23.2 Å². The van der Waals surface area contributed by atoms with Crippen LogP contribution in [0.15, 0.2) is 55.0 Å². The van der Waals surface area contributed by atoms with Crippen LogP contribution in [0.1, 0.15) is 43.2 Å². The summed E-state index contributed by atoms with van der Waals surface area (Å²) in [5.41, 5.74) is 5.42. The molecule has 1 aromatic carbocycles. The number of aryl methyl sites for hydroxylation is 1. The van der Waals surface area contributed by atoms with Crippen LogP contribution in [-0.4, -0.2) is 63.8 Å². The fourth-order valence-corrected chi connectivity index (χ4v) is 5.37. The van der Waals surface area contributed by atoms with Gasteiger partial charge < -0.3 is 10.2 Å². The standard InChI is InChI=1S/C28H36N6O/c1-20-12-31-33(15-20)17-24-13-29-21(2)16-32(24)18-27(35)34-19-28(3,4)25-14-30-23(11-26(25)34)10-22-8-6-5-7-9-22/h5-9,11-12,14-15,21,24,29H,10,13,16-19H2,1-4H3/t21-,24-/m1/s1. The van der Waals surface area contributed by atoms with Crippen LogP contribution in [0.3, 0.4) is 0 Å². The summed E-state index contributed by atoms with van der Waals surface area (Å²) >= 11 is 0. The van der Waals surface area contributed by atoms with Gasteiger partial charge in [-0.15, -0.1) is 0 Å². The molecule has 4 heterocycles. The lowest BCUT2D eigenvalue weighted by Gasteiger charge is -2.39. The van der Waals surface area contributed by atoms with Crippen molar-refractivity contribution in [2.75, 3.05) is 31.1 Å². The summed E-state index contributed by atoms with van der Waals surface area (Å²) in [6, 6.07) is 13.1. The molecule has 1 fully saturated rings. The van der Waals surface area contributed by atoms with Crippen LogP contribution in [0.5, 0.6) is 0 Å². The highest BCUT2D eigenvalue weighted by molar-refractivity contribution is 5.97. The third-order valence-corrected chi connectivity index (χ3v) is 7.27. The molecule has 1 amide bonds. The van der Waals surface area contributed by atoms with Gasteiger partial charge in [-0.05, 0) is 31.0 Å². The van der Waals surface area contributed by atoms with E-state index in [1.165, 1.54) is 5.56 Å². The van der Waals surface area contributed by atoms with E-state index < -0.39 is 0 Å².